The van der Waals surface area contributed by atoms with Crippen molar-refractivity contribution in [2.75, 3.05) is 39.4 Å². The number of aromatic nitrogens is 1. The Bertz CT molecular complexity index is 1230. The van der Waals surface area contributed by atoms with E-state index < -0.39 is 5.60 Å². The van der Waals surface area contributed by atoms with E-state index in [0.717, 1.165) is 22.0 Å². The molecule has 3 heterocycles. The Balaban J connectivity index is 1.25. The molecular formula is C24H22N4O4. The predicted molar refractivity (Wildman–Crippen MR) is 117 cm³/mol. The molecule has 3 aromatic rings. The fourth-order valence-corrected chi connectivity index (χ4v) is 4.19. The lowest BCUT2D eigenvalue weighted by atomic mass is 10.00. The van der Waals surface area contributed by atoms with Crippen LogP contribution in [0.15, 0.2) is 48.5 Å². The van der Waals surface area contributed by atoms with Crippen LogP contribution in [-0.4, -0.2) is 76.7 Å². The highest BCUT2D eigenvalue weighted by Gasteiger charge is 2.46. The molecule has 2 aliphatic heterocycles. The van der Waals surface area contributed by atoms with Gasteiger partial charge in [-0.25, -0.2) is 0 Å². The Morgan fingerprint density at radius 3 is 2.25 bits per heavy atom. The lowest BCUT2D eigenvalue weighted by molar-refractivity contribution is -0.201. The number of carbonyl (C=O) groups excluding carboxylic acids is 2. The number of hydrogen-bond acceptors (Lipinski definition) is 5. The molecule has 0 saturated carbocycles. The molecule has 0 aliphatic carbocycles. The van der Waals surface area contributed by atoms with Crippen LogP contribution >= 0.6 is 0 Å². The maximum atomic E-state index is 12.9. The monoisotopic (exact) mass is 430 g/mol. The van der Waals surface area contributed by atoms with E-state index in [1.54, 1.807) is 9.80 Å². The fraction of sp³-hybridized carbons (Fsp3) is 0.292. The highest BCUT2D eigenvalue weighted by atomic mass is 16.5. The summed E-state index contributed by atoms with van der Waals surface area (Å²) >= 11 is 0. The summed E-state index contributed by atoms with van der Waals surface area (Å²) in [5.41, 5.74) is 2.61. The maximum Gasteiger partial charge on any atom is 0.259 e. The fourth-order valence-electron chi connectivity index (χ4n) is 4.19. The van der Waals surface area contributed by atoms with Gasteiger partial charge in [-0.15, -0.1) is 0 Å². The van der Waals surface area contributed by atoms with Crippen LogP contribution in [0.4, 0.5) is 0 Å². The van der Waals surface area contributed by atoms with Crippen LogP contribution in [-0.2, 0) is 9.53 Å². The first-order chi connectivity index (χ1) is 15.5. The van der Waals surface area contributed by atoms with E-state index in [1.165, 1.54) is 0 Å². The van der Waals surface area contributed by atoms with Gasteiger partial charge in [-0.1, -0.05) is 18.2 Å². The molecule has 0 radical (unpaired) electrons. The Labute approximate surface area is 184 Å². The second-order valence-electron chi connectivity index (χ2n) is 8.28. The van der Waals surface area contributed by atoms with E-state index in [0.29, 0.717) is 37.4 Å². The number of rotatable bonds is 3. The smallest absolute Gasteiger partial charge is 0.259 e. The number of hydrogen-bond donors (Lipinski definition) is 2. The number of nitriles is 1. The molecule has 2 aliphatic rings. The van der Waals surface area contributed by atoms with Crippen molar-refractivity contribution in [3.8, 4) is 17.2 Å². The van der Waals surface area contributed by atoms with E-state index >= 15 is 0 Å². The standard InChI is InChI=1S/C24H22N4O4/c25-13-20-12-19-11-18(5-6-21(19)26-20)16-1-3-17(4-2-16)22(29)27-7-9-28(10-8-27)23(30)24(31)14-32-15-24/h1-6,11-12,26,31H,7-10,14-15H2. The first-order valence-electron chi connectivity index (χ1n) is 10.5. The number of ether oxygens (including phenoxy) is 1. The average molecular weight is 430 g/mol. The van der Waals surface area contributed by atoms with E-state index in [2.05, 4.69) is 11.1 Å². The molecular weight excluding hydrogens is 408 g/mol. The second kappa shape index (κ2) is 7.79. The predicted octanol–water partition coefficient (Wildman–Crippen LogP) is 1.75. The normalized spacial score (nSPS) is 17.6. The number of aliphatic hydroxyl groups is 1. The van der Waals surface area contributed by atoms with E-state index in [1.807, 2.05) is 48.5 Å². The number of benzene rings is 2. The Hall–Kier alpha value is -3.67. The molecule has 8 heteroatoms. The first kappa shape index (κ1) is 20.2. The third-order valence-electron chi connectivity index (χ3n) is 6.14. The molecule has 2 saturated heterocycles. The molecule has 8 nitrogen and oxygen atoms in total. The van der Waals surface area contributed by atoms with E-state index in [4.69, 9.17) is 10.00 Å². The Morgan fingerprint density at radius 2 is 1.62 bits per heavy atom. The second-order valence-corrected chi connectivity index (χ2v) is 8.28. The van der Waals surface area contributed by atoms with Crippen molar-refractivity contribution in [2.45, 2.75) is 5.60 Å². The van der Waals surface area contributed by atoms with Gasteiger partial charge in [0.2, 0.25) is 0 Å². The molecule has 5 rings (SSSR count). The summed E-state index contributed by atoms with van der Waals surface area (Å²) in [7, 11) is 0. The number of aromatic amines is 1. The van der Waals surface area contributed by atoms with Crippen LogP contribution in [0.5, 0.6) is 0 Å². The lowest BCUT2D eigenvalue weighted by Crippen LogP contribution is -2.64. The number of fused-ring (bicyclic) bond motifs is 1. The summed E-state index contributed by atoms with van der Waals surface area (Å²) in [6, 6.07) is 17.3. The molecule has 2 fully saturated rings. The van der Waals surface area contributed by atoms with Gasteiger partial charge in [0.1, 0.15) is 11.8 Å². The third kappa shape index (κ3) is 3.51. The topological polar surface area (TPSA) is 110 Å². The van der Waals surface area contributed by atoms with Gasteiger partial charge in [0.15, 0.2) is 5.60 Å². The van der Waals surface area contributed by atoms with Crippen molar-refractivity contribution >= 4 is 22.7 Å². The number of H-pyrrole nitrogens is 1. The molecule has 0 bridgehead atoms. The molecule has 2 N–H and O–H groups in total. The number of nitrogens with zero attached hydrogens (tertiary/aromatic N) is 3. The maximum absolute atomic E-state index is 12.9. The number of nitrogens with one attached hydrogen (secondary N) is 1. The lowest BCUT2D eigenvalue weighted by Gasteiger charge is -2.42. The van der Waals surface area contributed by atoms with Crippen molar-refractivity contribution in [2.24, 2.45) is 0 Å². The highest BCUT2D eigenvalue weighted by Crippen LogP contribution is 2.26. The van der Waals surface area contributed by atoms with Crippen molar-refractivity contribution in [1.82, 2.24) is 14.8 Å². The minimum absolute atomic E-state index is 0.0355. The minimum Gasteiger partial charge on any atom is -0.376 e. The van der Waals surface area contributed by atoms with Crippen LogP contribution in [0, 0.1) is 11.3 Å². The first-order valence-corrected chi connectivity index (χ1v) is 10.5. The van der Waals surface area contributed by atoms with Crippen LogP contribution in [0.3, 0.4) is 0 Å². The zero-order valence-corrected chi connectivity index (χ0v) is 17.4. The van der Waals surface area contributed by atoms with Gasteiger partial charge in [0.05, 0.1) is 13.2 Å². The largest absolute Gasteiger partial charge is 0.376 e. The highest BCUT2D eigenvalue weighted by molar-refractivity contribution is 5.95. The van der Waals surface area contributed by atoms with Gasteiger partial charge in [-0.05, 0) is 41.5 Å². The Kier molecular flexibility index (Phi) is 4.93. The van der Waals surface area contributed by atoms with Crippen LogP contribution in [0.25, 0.3) is 22.0 Å². The molecule has 2 amide bonds. The van der Waals surface area contributed by atoms with E-state index in [-0.39, 0.29) is 25.0 Å². The van der Waals surface area contributed by atoms with Gasteiger partial charge in [-0.2, -0.15) is 5.26 Å². The summed E-state index contributed by atoms with van der Waals surface area (Å²) in [6.07, 6.45) is 0. The quantitative estimate of drug-likeness (QED) is 0.658. The minimum atomic E-state index is -1.40. The van der Waals surface area contributed by atoms with Gasteiger partial charge in [-0.3, -0.25) is 9.59 Å². The molecule has 2 aromatic carbocycles. The zero-order chi connectivity index (χ0) is 22.3. The number of amides is 2. The van der Waals surface area contributed by atoms with Crippen molar-refractivity contribution in [3.63, 3.8) is 0 Å². The summed E-state index contributed by atoms with van der Waals surface area (Å²) in [5, 5.41) is 20.2. The van der Waals surface area contributed by atoms with Crippen molar-refractivity contribution in [1.29, 1.82) is 5.26 Å². The molecule has 162 valence electrons. The summed E-state index contributed by atoms with van der Waals surface area (Å²) in [5.74, 6) is -0.393. The summed E-state index contributed by atoms with van der Waals surface area (Å²) < 4.78 is 4.96. The average Bonchev–Trinajstić information content (AvgIpc) is 3.24. The van der Waals surface area contributed by atoms with Gasteiger partial charge >= 0.3 is 0 Å². The van der Waals surface area contributed by atoms with Crippen molar-refractivity contribution in [3.05, 3.63) is 59.8 Å². The Morgan fingerprint density at radius 1 is 0.969 bits per heavy atom. The zero-order valence-electron chi connectivity index (χ0n) is 17.4. The molecule has 0 unspecified atom stereocenters. The number of carbonyl (C=O) groups is 2. The van der Waals surface area contributed by atoms with E-state index in [9.17, 15) is 14.7 Å². The van der Waals surface area contributed by atoms with Crippen molar-refractivity contribution < 1.29 is 19.4 Å². The molecule has 0 spiro atoms. The third-order valence-corrected chi connectivity index (χ3v) is 6.14. The van der Waals surface area contributed by atoms with Crippen LogP contribution in [0.1, 0.15) is 16.1 Å². The van der Waals surface area contributed by atoms with Gasteiger partial charge in [0.25, 0.3) is 11.8 Å². The summed E-state index contributed by atoms with van der Waals surface area (Å²) in [6.45, 7) is 1.71. The molecule has 1 aromatic heterocycles. The number of piperazine rings is 1. The summed E-state index contributed by atoms with van der Waals surface area (Å²) in [4.78, 5) is 31.7. The SMILES string of the molecule is N#Cc1cc2cc(-c3ccc(C(=O)N4CCN(C(=O)C5(O)COC5)CC4)cc3)ccc2[nH]1. The molecule has 0 atom stereocenters. The van der Waals surface area contributed by atoms with Crippen LogP contribution < -0.4 is 0 Å². The molecule has 32 heavy (non-hydrogen) atoms. The van der Waals surface area contributed by atoms with Crippen LogP contribution in [0.2, 0.25) is 0 Å². The van der Waals surface area contributed by atoms with Gasteiger partial charge < -0.3 is 24.6 Å². The van der Waals surface area contributed by atoms with Gasteiger partial charge in [0, 0.05) is 42.6 Å².